The smallest absolute Gasteiger partial charge is 0.235 e. The van der Waals surface area contributed by atoms with Crippen LogP contribution in [0.25, 0.3) is 61.4 Å². The highest BCUT2D eigenvalue weighted by Gasteiger charge is 2.29. The molecule has 0 aliphatic carbocycles. The summed E-state index contributed by atoms with van der Waals surface area (Å²) in [5.41, 5.74) is 12.6. The van der Waals surface area contributed by atoms with E-state index in [0.717, 1.165) is 50.6 Å². The average molecular weight is 604 g/mol. The molecule has 3 heterocycles. The van der Waals surface area contributed by atoms with E-state index in [1.807, 2.05) is 24.3 Å². The van der Waals surface area contributed by atoms with Crippen LogP contribution in [0.3, 0.4) is 0 Å². The number of aromatic nitrogens is 3. The maximum atomic E-state index is 5.28. The van der Waals surface area contributed by atoms with Gasteiger partial charge >= 0.3 is 0 Å². The van der Waals surface area contributed by atoms with Crippen LogP contribution in [0.15, 0.2) is 157 Å². The molecule has 0 N–H and O–H groups in total. The van der Waals surface area contributed by atoms with Gasteiger partial charge in [-0.15, -0.1) is 0 Å². The first kappa shape index (κ1) is 27.0. The zero-order chi connectivity index (χ0) is 31.3. The van der Waals surface area contributed by atoms with Gasteiger partial charge in [-0.3, -0.25) is 9.56 Å². The Bertz CT molecular complexity index is 2400. The van der Waals surface area contributed by atoms with Gasteiger partial charge in [-0.1, -0.05) is 121 Å². The Morgan fingerprint density at radius 2 is 1.17 bits per heavy atom. The van der Waals surface area contributed by atoms with Crippen molar-refractivity contribution in [1.29, 1.82) is 0 Å². The number of benzene rings is 6. The summed E-state index contributed by atoms with van der Waals surface area (Å²) in [5.74, 6) is 0.642. The summed E-state index contributed by atoms with van der Waals surface area (Å²) < 4.78 is 2.27. The predicted octanol–water partition coefficient (Wildman–Crippen LogP) is 10.6. The third-order valence-electron chi connectivity index (χ3n) is 9.14. The van der Waals surface area contributed by atoms with Gasteiger partial charge in [-0.05, 0) is 42.6 Å². The highest BCUT2D eigenvalue weighted by molar-refractivity contribution is 6.12. The van der Waals surface area contributed by atoms with Crippen molar-refractivity contribution in [3.05, 3.63) is 157 Å². The molecule has 6 aromatic carbocycles. The number of anilines is 2. The lowest BCUT2D eigenvalue weighted by molar-refractivity contribution is 0.944. The fraction of sp³-hybridized carbons (Fsp3) is 0.0238. The van der Waals surface area contributed by atoms with E-state index in [1.165, 1.54) is 27.5 Å². The van der Waals surface area contributed by atoms with Crippen molar-refractivity contribution in [2.24, 2.45) is 4.99 Å². The number of rotatable bonds is 5. The number of para-hydroxylation sites is 4. The lowest BCUT2D eigenvalue weighted by Crippen LogP contribution is -2.22. The second kappa shape index (κ2) is 10.9. The molecule has 5 heteroatoms. The quantitative estimate of drug-likeness (QED) is 0.184. The van der Waals surface area contributed by atoms with E-state index < -0.39 is 0 Å². The van der Waals surface area contributed by atoms with Crippen molar-refractivity contribution >= 4 is 45.6 Å². The van der Waals surface area contributed by atoms with Crippen LogP contribution in [0.2, 0.25) is 0 Å². The second-order valence-corrected chi connectivity index (χ2v) is 11.8. The van der Waals surface area contributed by atoms with E-state index in [1.54, 1.807) is 0 Å². The summed E-state index contributed by atoms with van der Waals surface area (Å²) in [6.45, 7) is 4.54. The van der Waals surface area contributed by atoms with Crippen LogP contribution in [0.5, 0.6) is 0 Å². The van der Waals surface area contributed by atoms with E-state index in [2.05, 4.69) is 149 Å². The van der Waals surface area contributed by atoms with Crippen LogP contribution >= 0.6 is 0 Å². The van der Waals surface area contributed by atoms with E-state index in [4.69, 9.17) is 9.97 Å². The third kappa shape index (κ3) is 4.36. The molecule has 0 spiro atoms. The highest BCUT2D eigenvalue weighted by atomic mass is 15.2. The molecule has 47 heavy (non-hydrogen) atoms. The highest BCUT2D eigenvalue weighted by Crippen LogP contribution is 2.48. The molecule has 0 bridgehead atoms. The first-order chi connectivity index (χ1) is 23.3. The van der Waals surface area contributed by atoms with E-state index >= 15 is 0 Å². The molecule has 0 radical (unpaired) electrons. The molecular formula is C42H29N5. The van der Waals surface area contributed by atoms with Crippen LogP contribution in [-0.2, 0) is 6.54 Å². The Morgan fingerprint density at radius 1 is 0.553 bits per heavy atom. The fourth-order valence-electron chi connectivity index (χ4n) is 7.02. The zero-order valence-electron chi connectivity index (χ0n) is 25.6. The van der Waals surface area contributed by atoms with Crippen LogP contribution in [0.1, 0.15) is 5.56 Å². The number of hydrogen-bond acceptors (Lipinski definition) is 4. The van der Waals surface area contributed by atoms with Gasteiger partial charge < -0.3 is 4.90 Å². The van der Waals surface area contributed by atoms with Crippen molar-refractivity contribution < 1.29 is 0 Å². The first-order valence-electron chi connectivity index (χ1n) is 15.8. The molecule has 0 saturated carbocycles. The van der Waals surface area contributed by atoms with Crippen LogP contribution in [0.4, 0.5) is 17.1 Å². The topological polar surface area (TPSA) is 46.3 Å². The monoisotopic (exact) mass is 603 g/mol. The summed E-state index contributed by atoms with van der Waals surface area (Å²) in [5, 5.41) is 2.34. The van der Waals surface area contributed by atoms with Crippen molar-refractivity contribution in [3.8, 4) is 39.6 Å². The van der Waals surface area contributed by atoms with E-state index in [-0.39, 0.29) is 0 Å². The summed E-state index contributed by atoms with van der Waals surface area (Å²) in [4.78, 5) is 17.3. The molecule has 1 aliphatic rings. The summed E-state index contributed by atoms with van der Waals surface area (Å²) in [6, 6.07) is 52.7. The Kier molecular flexibility index (Phi) is 6.28. The van der Waals surface area contributed by atoms with Gasteiger partial charge in [-0.25, -0.2) is 9.97 Å². The number of aliphatic imine (C=N–C) groups is 1. The molecule has 0 saturated heterocycles. The SMILES string of the molecule is C=Nc1ccccc1N1Cc2c(ccc3c4ccccc4n(-c4nc(-c5ccccc5)cc(-c5ccccc5)n4)c23)-c2ccccc21. The fourth-order valence-corrected chi connectivity index (χ4v) is 7.02. The Balaban J connectivity index is 1.37. The lowest BCUT2D eigenvalue weighted by Gasteiger charge is -2.34. The first-order valence-corrected chi connectivity index (χ1v) is 15.8. The van der Waals surface area contributed by atoms with Crippen LogP contribution < -0.4 is 4.90 Å². The molecule has 222 valence electrons. The second-order valence-electron chi connectivity index (χ2n) is 11.8. The standard InChI is InChI=1S/C42H29N5/c1-43-35-20-10-13-23-40(35)46-27-34-30(31-18-8-11-21-38(31)46)24-25-33-32-19-9-12-22-39(32)47(41(33)34)42-44-36(28-14-4-2-5-15-28)26-37(45-42)29-16-6-3-7-17-29/h2-26H,1,27H2. The molecule has 5 nitrogen and oxygen atoms in total. The number of nitrogens with zero attached hydrogens (tertiary/aromatic N) is 5. The van der Waals surface area contributed by atoms with Gasteiger partial charge in [0.05, 0.1) is 40.3 Å². The van der Waals surface area contributed by atoms with Crippen molar-refractivity contribution in [1.82, 2.24) is 14.5 Å². The van der Waals surface area contributed by atoms with Gasteiger partial charge in [0.2, 0.25) is 5.95 Å². The van der Waals surface area contributed by atoms with Crippen molar-refractivity contribution in [2.75, 3.05) is 4.90 Å². The van der Waals surface area contributed by atoms with Crippen molar-refractivity contribution in [2.45, 2.75) is 6.54 Å². The molecule has 9 rings (SSSR count). The van der Waals surface area contributed by atoms with Gasteiger partial charge in [0.25, 0.3) is 0 Å². The molecule has 2 aromatic heterocycles. The Morgan fingerprint density at radius 3 is 1.89 bits per heavy atom. The van der Waals surface area contributed by atoms with Crippen LogP contribution in [-0.4, -0.2) is 21.3 Å². The van der Waals surface area contributed by atoms with Crippen LogP contribution in [0, 0.1) is 0 Å². The number of hydrogen-bond donors (Lipinski definition) is 0. The minimum absolute atomic E-state index is 0.642. The molecule has 0 amide bonds. The Hall–Kier alpha value is -6.33. The minimum atomic E-state index is 0.642. The molecule has 0 atom stereocenters. The molecule has 0 fully saturated rings. The summed E-state index contributed by atoms with van der Waals surface area (Å²) >= 11 is 0. The van der Waals surface area contributed by atoms with Crippen molar-refractivity contribution in [3.63, 3.8) is 0 Å². The Labute approximate surface area is 272 Å². The summed E-state index contributed by atoms with van der Waals surface area (Å²) in [6.07, 6.45) is 0. The third-order valence-corrected chi connectivity index (χ3v) is 9.14. The van der Waals surface area contributed by atoms with Gasteiger partial charge in [-0.2, -0.15) is 0 Å². The number of fused-ring (bicyclic) bond motifs is 7. The van der Waals surface area contributed by atoms with E-state index in [0.29, 0.717) is 12.5 Å². The zero-order valence-corrected chi connectivity index (χ0v) is 25.6. The van der Waals surface area contributed by atoms with E-state index in [9.17, 15) is 0 Å². The molecular weight excluding hydrogens is 574 g/mol. The molecule has 1 aliphatic heterocycles. The largest absolute Gasteiger partial charge is 0.335 e. The van der Waals surface area contributed by atoms with Gasteiger partial charge in [0.1, 0.15) is 0 Å². The van der Waals surface area contributed by atoms with Gasteiger partial charge in [0, 0.05) is 38.7 Å². The maximum absolute atomic E-state index is 5.28. The average Bonchev–Trinajstić information content (AvgIpc) is 3.50. The molecule has 8 aromatic rings. The molecule has 0 unspecified atom stereocenters. The minimum Gasteiger partial charge on any atom is -0.335 e. The normalized spacial score (nSPS) is 12.2. The lowest BCUT2D eigenvalue weighted by atomic mass is 9.91. The van der Waals surface area contributed by atoms with Gasteiger partial charge in [0.15, 0.2) is 0 Å². The predicted molar refractivity (Wildman–Crippen MR) is 194 cm³/mol. The summed E-state index contributed by atoms with van der Waals surface area (Å²) in [7, 11) is 0. The maximum Gasteiger partial charge on any atom is 0.235 e.